The van der Waals surface area contributed by atoms with Gasteiger partial charge >= 0.3 is 6.09 Å². The Labute approximate surface area is 101 Å². The van der Waals surface area contributed by atoms with Crippen molar-refractivity contribution in [2.45, 2.75) is 18.6 Å². The van der Waals surface area contributed by atoms with Gasteiger partial charge in [0, 0.05) is 4.75 Å². The number of carbonyl (C=O) groups excluding carboxylic acids is 1. The summed E-state index contributed by atoms with van der Waals surface area (Å²) >= 11 is 1.55. The molecule has 0 N–H and O–H groups in total. The van der Waals surface area contributed by atoms with Crippen LogP contribution in [0, 0.1) is 0 Å². The number of carbonyl (C=O) groups is 1. The Morgan fingerprint density at radius 3 is 2.67 bits per heavy atom. The fourth-order valence-electron chi connectivity index (χ4n) is 0.367. The summed E-state index contributed by atoms with van der Waals surface area (Å²) in [5.74, 6) is 0. The molecule has 1 unspecified atom stereocenters. The Kier molecular flexibility index (Phi) is 6.42. The Hall–Kier alpha value is -0.110. The van der Waals surface area contributed by atoms with Crippen molar-refractivity contribution < 1.29 is 14.2 Å². The fourth-order valence-corrected chi connectivity index (χ4v) is 0.835. The summed E-state index contributed by atoms with van der Waals surface area (Å²) in [4.78, 5) is 15.5. The number of thioether (sulfide) groups is 1. The van der Waals surface area contributed by atoms with Gasteiger partial charge in [-0.15, -0.1) is 4.31 Å². The standard InChI is InChI=1S/C7H13ClN2O3S2/c1-7(2,14-4)5-9-13-6(11)10(3)15(8)12/h5H,1-4H3. The highest BCUT2D eigenvalue weighted by Gasteiger charge is 2.22. The molecule has 1 atom stereocenters. The van der Waals surface area contributed by atoms with E-state index in [4.69, 9.17) is 10.7 Å². The van der Waals surface area contributed by atoms with Gasteiger partial charge in [-0.3, -0.25) is 4.84 Å². The van der Waals surface area contributed by atoms with Gasteiger partial charge in [0.15, 0.2) is 10.6 Å². The molecule has 0 aliphatic heterocycles. The zero-order chi connectivity index (χ0) is 12.1. The normalized spacial score (nSPS) is 14.0. The molecule has 0 rings (SSSR count). The zero-order valence-electron chi connectivity index (χ0n) is 8.89. The zero-order valence-corrected chi connectivity index (χ0v) is 11.3. The van der Waals surface area contributed by atoms with Crippen molar-refractivity contribution in [2.75, 3.05) is 13.3 Å². The second kappa shape index (κ2) is 6.47. The minimum absolute atomic E-state index is 0.223. The number of hydrogen-bond donors (Lipinski definition) is 0. The Morgan fingerprint density at radius 1 is 1.73 bits per heavy atom. The SMILES string of the molecule is CSC(C)(C)C=NOC(=O)N(C)[S+]([O-])Cl. The van der Waals surface area contributed by atoms with Crippen molar-refractivity contribution in [2.24, 2.45) is 5.16 Å². The molecule has 15 heavy (non-hydrogen) atoms. The molecule has 0 aromatic rings. The first-order valence-corrected chi connectivity index (χ1v) is 7.08. The highest BCUT2D eigenvalue weighted by atomic mass is 35.7. The van der Waals surface area contributed by atoms with E-state index in [1.807, 2.05) is 20.1 Å². The molecule has 0 saturated carbocycles. The van der Waals surface area contributed by atoms with Gasteiger partial charge in [-0.2, -0.15) is 11.8 Å². The van der Waals surface area contributed by atoms with Gasteiger partial charge in [0.05, 0.1) is 13.3 Å². The highest BCUT2D eigenvalue weighted by molar-refractivity contribution is 8.12. The van der Waals surface area contributed by atoms with Crippen LogP contribution < -0.4 is 0 Å². The number of rotatable bonds is 4. The third kappa shape index (κ3) is 6.14. The van der Waals surface area contributed by atoms with Crippen molar-refractivity contribution in [1.29, 1.82) is 0 Å². The van der Waals surface area contributed by atoms with Crippen molar-refractivity contribution in [3.63, 3.8) is 0 Å². The number of halogens is 1. The second-order valence-electron chi connectivity index (χ2n) is 3.10. The van der Waals surface area contributed by atoms with Crippen LogP contribution in [0.3, 0.4) is 0 Å². The summed E-state index contributed by atoms with van der Waals surface area (Å²) in [6.07, 6.45) is 2.53. The molecule has 0 aliphatic rings. The average Bonchev–Trinajstić information content (AvgIpc) is 2.16. The summed E-state index contributed by atoms with van der Waals surface area (Å²) < 4.78 is 11.2. The quantitative estimate of drug-likeness (QED) is 0.340. The van der Waals surface area contributed by atoms with Gasteiger partial charge in [0.25, 0.3) is 0 Å². The van der Waals surface area contributed by atoms with Crippen molar-refractivity contribution in [1.82, 2.24) is 4.31 Å². The van der Waals surface area contributed by atoms with E-state index in [9.17, 15) is 9.35 Å². The van der Waals surface area contributed by atoms with Crippen LogP contribution in [0.2, 0.25) is 0 Å². The lowest BCUT2D eigenvalue weighted by Gasteiger charge is -2.14. The number of oxime groups is 1. The first kappa shape index (κ1) is 14.9. The van der Waals surface area contributed by atoms with Gasteiger partial charge in [-0.25, -0.2) is 4.79 Å². The van der Waals surface area contributed by atoms with Gasteiger partial charge < -0.3 is 4.55 Å². The van der Waals surface area contributed by atoms with Crippen LogP contribution in [0.25, 0.3) is 0 Å². The lowest BCUT2D eigenvalue weighted by molar-refractivity contribution is 0.135. The maximum Gasteiger partial charge on any atom is 0.478 e. The molecule has 0 aromatic carbocycles. The van der Waals surface area contributed by atoms with Gasteiger partial charge in [0.1, 0.15) is 0 Å². The van der Waals surface area contributed by atoms with Crippen molar-refractivity contribution in [3.8, 4) is 0 Å². The molecule has 88 valence electrons. The average molecular weight is 273 g/mol. The molecular weight excluding hydrogens is 260 g/mol. The molecule has 8 heteroatoms. The molecule has 0 saturated heterocycles. The summed E-state index contributed by atoms with van der Waals surface area (Å²) in [6, 6.07) is 0. The molecular formula is C7H13ClN2O3S2. The van der Waals surface area contributed by atoms with Crippen LogP contribution in [-0.2, 0) is 15.4 Å². The lowest BCUT2D eigenvalue weighted by Crippen LogP contribution is -2.29. The Morgan fingerprint density at radius 2 is 2.27 bits per heavy atom. The second-order valence-corrected chi connectivity index (χ2v) is 6.32. The van der Waals surface area contributed by atoms with Gasteiger partial charge in [0.2, 0.25) is 10.7 Å². The summed E-state index contributed by atoms with van der Waals surface area (Å²) in [5.41, 5.74) is 0. The van der Waals surface area contributed by atoms with Gasteiger partial charge in [-0.05, 0) is 20.1 Å². The van der Waals surface area contributed by atoms with Gasteiger partial charge in [-0.1, -0.05) is 5.16 Å². The predicted molar refractivity (Wildman–Crippen MR) is 64.3 cm³/mol. The van der Waals surface area contributed by atoms with Crippen LogP contribution in [0.5, 0.6) is 0 Å². The summed E-state index contributed by atoms with van der Waals surface area (Å²) in [6.45, 7) is 3.83. The van der Waals surface area contributed by atoms with Crippen LogP contribution in [-0.4, -0.2) is 39.2 Å². The molecule has 0 aliphatic carbocycles. The maximum absolute atomic E-state index is 11.1. The van der Waals surface area contributed by atoms with E-state index in [1.54, 1.807) is 11.8 Å². The molecule has 5 nitrogen and oxygen atoms in total. The third-order valence-corrected chi connectivity index (χ3v) is 3.85. The number of hydrogen-bond acceptors (Lipinski definition) is 5. The van der Waals surface area contributed by atoms with E-state index < -0.39 is 16.7 Å². The van der Waals surface area contributed by atoms with E-state index in [-0.39, 0.29) is 4.75 Å². The minimum Gasteiger partial charge on any atom is -0.575 e. The highest BCUT2D eigenvalue weighted by Crippen LogP contribution is 2.18. The molecule has 0 spiro atoms. The smallest absolute Gasteiger partial charge is 0.478 e. The van der Waals surface area contributed by atoms with E-state index in [1.165, 1.54) is 13.3 Å². The monoisotopic (exact) mass is 272 g/mol. The first-order chi connectivity index (χ1) is 6.80. The molecule has 0 aromatic heterocycles. The van der Waals surface area contributed by atoms with E-state index >= 15 is 0 Å². The van der Waals surface area contributed by atoms with Crippen molar-refractivity contribution >= 4 is 45.3 Å². The van der Waals surface area contributed by atoms with Crippen molar-refractivity contribution in [3.05, 3.63) is 0 Å². The van der Waals surface area contributed by atoms with E-state index in [0.717, 1.165) is 4.31 Å². The van der Waals surface area contributed by atoms with Crippen LogP contribution in [0.4, 0.5) is 4.79 Å². The molecule has 0 heterocycles. The largest absolute Gasteiger partial charge is 0.575 e. The third-order valence-electron chi connectivity index (χ3n) is 1.49. The Bertz CT molecular complexity index is 248. The minimum atomic E-state index is -1.91. The predicted octanol–water partition coefficient (Wildman–Crippen LogP) is 2.00. The van der Waals surface area contributed by atoms with E-state index in [2.05, 4.69) is 9.99 Å². The number of amides is 1. The topological polar surface area (TPSA) is 65.0 Å². The Balaban J connectivity index is 4.12. The lowest BCUT2D eigenvalue weighted by atomic mass is 10.2. The number of nitrogens with zero attached hydrogens (tertiary/aromatic N) is 2. The molecule has 0 radical (unpaired) electrons. The van der Waals surface area contributed by atoms with Crippen LogP contribution in [0.15, 0.2) is 5.16 Å². The van der Waals surface area contributed by atoms with Crippen LogP contribution >= 0.6 is 22.4 Å². The van der Waals surface area contributed by atoms with Crippen LogP contribution in [0.1, 0.15) is 13.8 Å². The molecule has 0 fully saturated rings. The molecule has 1 amide bonds. The fraction of sp³-hybridized carbons (Fsp3) is 0.714. The first-order valence-electron chi connectivity index (χ1n) is 3.92. The maximum atomic E-state index is 11.1. The summed E-state index contributed by atoms with van der Waals surface area (Å²) in [5, 5.41) is 3.49. The van der Waals surface area contributed by atoms with E-state index in [0.29, 0.717) is 0 Å². The summed E-state index contributed by atoms with van der Waals surface area (Å²) in [7, 11) is 4.50. The molecule has 0 bridgehead atoms.